The number of nitrogens with zero attached hydrogens (tertiary/aromatic N) is 2. The smallest absolute Gasteiger partial charge is 0.237 e. The van der Waals surface area contributed by atoms with E-state index in [1.54, 1.807) is 7.11 Å². The van der Waals surface area contributed by atoms with Gasteiger partial charge in [0.05, 0.1) is 13.0 Å². The van der Waals surface area contributed by atoms with Gasteiger partial charge in [-0.1, -0.05) is 23.7 Å². The highest BCUT2D eigenvalue weighted by atomic mass is 16.5. The number of carbonyl (C=O) groups excluding carboxylic acids is 1. The predicted molar refractivity (Wildman–Crippen MR) is 76.3 cm³/mol. The third-order valence-electron chi connectivity index (χ3n) is 3.83. The maximum Gasteiger partial charge on any atom is 0.237 e. The number of hydrogen-bond donors (Lipinski definition) is 0. The Hall–Kier alpha value is -2.17. The van der Waals surface area contributed by atoms with Gasteiger partial charge in [-0.3, -0.25) is 4.79 Å². The number of benzene rings is 1. The van der Waals surface area contributed by atoms with Crippen LogP contribution in [0.1, 0.15) is 48.9 Å². The van der Waals surface area contributed by atoms with Crippen LogP contribution in [-0.2, 0) is 11.2 Å². The molecule has 1 aromatic heterocycles. The fourth-order valence-electron chi connectivity index (χ4n) is 2.69. The first-order valence-corrected chi connectivity index (χ1v) is 7.24. The third-order valence-corrected chi connectivity index (χ3v) is 3.83. The van der Waals surface area contributed by atoms with E-state index in [1.165, 1.54) is 0 Å². The molecule has 0 aliphatic heterocycles. The highest BCUT2D eigenvalue weighted by Gasteiger charge is 2.28. The number of methoxy groups -OCH3 is 1. The third kappa shape index (κ3) is 3.12. The zero-order valence-corrected chi connectivity index (χ0v) is 12.0. The number of Topliss-reactive ketones (excluding diaryl/α,β-unsaturated/α-hetero) is 1. The van der Waals surface area contributed by atoms with Crippen LogP contribution in [0.2, 0.25) is 0 Å². The average molecular weight is 286 g/mol. The molecule has 1 aromatic carbocycles. The van der Waals surface area contributed by atoms with Crippen molar-refractivity contribution in [1.29, 1.82) is 0 Å². The van der Waals surface area contributed by atoms with E-state index in [2.05, 4.69) is 10.1 Å². The normalized spacial score (nSPS) is 18.7. The lowest BCUT2D eigenvalue weighted by atomic mass is 9.88. The molecule has 3 rings (SSSR count). The molecule has 21 heavy (non-hydrogen) atoms. The molecule has 1 heterocycles. The maximum absolute atomic E-state index is 11.9. The first-order valence-electron chi connectivity index (χ1n) is 7.24. The van der Waals surface area contributed by atoms with Gasteiger partial charge in [-0.2, -0.15) is 4.98 Å². The zero-order chi connectivity index (χ0) is 14.7. The molecule has 1 fully saturated rings. The van der Waals surface area contributed by atoms with Gasteiger partial charge < -0.3 is 9.26 Å². The van der Waals surface area contributed by atoms with Crippen molar-refractivity contribution in [2.45, 2.75) is 38.0 Å². The molecular weight excluding hydrogens is 268 g/mol. The molecule has 0 saturated heterocycles. The van der Waals surface area contributed by atoms with Crippen LogP contribution in [0.15, 0.2) is 28.8 Å². The lowest BCUT2D eigenvalue weighted by Gasteiger charge is -2.16. The van der Waals surface area contributed by atoms with Crippen molar-refractivity contribution in [3.8, 4) is 5.75 Å². The zero-order valence-electron chi connectivity index (χ0n) is 12.0. The molecule has 1 atom stereocenters. The number of ketones is 1. The number of rotatable bonds is 4. The summed E-state index contributed by atoms with van der Waals surface area (Å²) in [6, 6.07) is 7.76. The fraction of sp³-hybridized carbons (Fsp3) is 0.438. The molecule has 0 spiro atoms. The van der Waals surface area contributed by atoms with E-state index < -0.39 is 0 Å². The van der Waals surface area contributed by atoms with Gasteiger partial charge >= 0.3 is 0 Å². The molecule has 0 bridgehead atoms. The first kappa shape index (κ1) is 13.8. The number of carbonyl (C=O) groups is 1. The van der Waals surface area contributed by atoms with Crippen LogP contribution in [-0.4, -0.2) is 23.0 Å². The minimum Gasteiger partial charge on any atom is -0.497 e. The van der Waals surface area contributed by atoms with E-state index in [-0.39, 0.29) is 11.7 Å². The lowest BCUT2D eigenvalue weighted by Crippen LogP contribution is -2.17. The summed E-state index contributed by atoms with van der Waals surface area (Å²) in [5, 5.41) is 4.00. The van der Waals surface area contributed by atoms with Crippen LogP contribution >= 0.6 is 0 Å². The van der Waals surface area contributed by atoms with E-state index in [4.69, 9.17) is 9.26 Å². The molecule has 1 aliphatic carbocycles. The summed E-state index contributed by atoms with van der Waals surface area (Å²) >= 11 is 0. The summed E-state index contributed by atoms with van der Waals surface area (Å²) in [5.74, 6) is 1.90. The molecule has 1 aliphatic rings. The van der Waals surface area contributed by atoms with Crippen molar-refractivity contribution in [2.75, 3.05) is 7.11 Å². The van der Waals surface area contributed by atoms with Gasteiger partial charge in [-0.15, -0.1) is 0 Å². The van der Waals surface area contributed by atoms with Crippen LogP contribution in [0.25, 0.3) is 0 Å². The van der Waals surface area contributed by atoms with Crippen molar-refractivity contribution >= 4 is 5.78 Å². The summed E-state index contributed by atoms with van der Waals surface area (Å²) in [6.45, 7) is 0. The quantitative estimate of drug-likeness (QED) is 0.864. The van der Waals surface area contributed by atoms with Gasteiger partial charge in [0.2, 0.25) is 5.89 Å². The number of hydrogen-bond acceptors (Lipinski definition) is 5. The van der Waals surface area contributed by atoms with Crippen molar-refractivity contribution in [2.24, 2.45) is 0 Å². The second-order valence-electron chi connectivity index (χ2n) is 5.34. The van der Waals surface area contributed by atoms with E-state index in [9.17, 15) is 4.79 Å². The average Bonchev–Trinajstić information content (AvgIpc) is 2.96. The molecule has 0 amide bonds. The second kappa shape index (κ2) is 6.08. The molecule has 1 unspecified atom stereocenters. The van der Waals surface area contributed by atoms with Gasteiger partial charge in [0, 0.05) is 12.8 Å². The van der Waals surface area contributed by atoms with E-state index in [1.807, 2.05) is 24.3 Å². The number of aromatic nitrogens is 2. The van der Waals surface area contributed by atoms with E-state index in [0.29, 0.717) is 24.6 Å². The molecule has 5 heteroatoms. The van der Waals surface area contributed by atoms with Crippen molar-refractivity contribution in [3.05, 3.63) is 41.5 Å². The Morgan fingerprint density at radius 2 is 2.29 bits per heavy atom. The largest absolute Gasteiger partial charge is 0.497 e. The summed E-state index contributed by atoms with van der Waals surface area (Å²) in [7, 11) is 1.64. The van der Waals surface area contributed by atoms with Crippen LogP contribution in [0.3, 0.4) is 0 Å². The Balaban J connectivity index is 1.74. The van der Waals surface area contributed by atoms with Crippen molar-refractivity contribution < 1.29 is 14.1 Å². The standard InChI is InChI=1S/C16H18N2O3/c1-20-12-6-4-5-11(9-12)10-15-17-16(21-18-15)13-7-2-3-8-14(13)19/h4-6,9,13H,2-3,7-8,10H2,1H3. The van der Waals surface area contributed by atoms with E-state index in [0.717, 1.165) is 30.6 Å². The Labute approximate surface area is 123 Å². The van der Waals surface area contributed by atoms with Crippen LogP contribution < -0.4 is 4.74 Å². The van der Waals surface area contributed by atoms with Gasteiger partial charge in [-0.05, 0) is 30.5 Å². The second-order valence-corrected chi connectivity index (χ2v) is 5.34. The molecule has 5 nitrogen and oxygen atoms in total. The molecule has 1 saturated carbocycles. The molecular formula is C16H18N2O3. The summed E-state index contributed by atoms with van der Waals surface area (Å²) in [4.78, 5) is 16.3. The van der Waals surface area contributed by atoms with Crippen molar-refractivity contribution in [1.82, 2.24) is 10.1 Å². The van der Waals surface area contributed by atoms with Crippen LogP contribution in [0.5, 0.6) is 5.75 Å². The van der Waals surface area contributed by atoms with Crippen molar-refractivity contribution in [3.63, 3.8) is 0 Å². The number of ether oxygens (including phenoxy) is 1. The van der Waals surface area contributed by atoms with E-state index >= 15 is 0 Å². The first-order chi connectivity index (χ1) is 10.3. The Kier molecular flexibility index (Phi) is 3.99. The Bertz CT molecular complexity index is 636. The SMILES string of the molecule is COc1cccc(Cc2noc(C3CCCCC3=O)n2)c1. The molecule has 0 N–H and O–H groups in total. The minimum absolute atomic E-state index is 0.203. The van der Waals surface area contributed by atoms with Gasteiger partial charge in [0.25, 0.3) is 0 Å². The molecule has 0 radical (unpaired) electrons. The van der Waals surface area contributed by atoms with Crippen LogP contribution in [0.4, 0.5) is 0 Å². The molecule has 2 aromatic rings. The Morgan fingerprint density at radius 1 is 1.38 bits per heavy atom. The highest BCUT2D eigenvalue weighted by Crippen LogP contribution is 2.29. The lowest BCUT2D eigenvalue weighted by molar-refractivity contribution is -0.122. The summed E-state index contributed by atoms with van der Waals surface area (Å²) < 4.78 is 10.5. The summed E-state index contributed by atoms with van der Waals surface area (Å²) in [6.07, 6.45) is 4.03. The summed E-state index contributed by atoms with van der Waals surface area (Å²) in [5.41, 5.74) is 1.05. The topological polar surface area (TPSA) is 65.2 Å². The van der Waals surface area contributed by atoms with Gasteiger partial charge in [0.15, 0.2) is 5.82 Å². The predicted octanol–water partition coefficient (Wildman–Crippen LogP) is 2.90. The maximum atomic E-state index is 11.9. The van der Waals surface area contributed by atoms with Gasteiger partial charge in [0.1, 0.15) is 11.5 Å². The fourth-order valence-corrected chi connectivity index (χ4v) is 2.69. The monoisotopic (exact) mass is 286 g/mol. The highest BCUT2D eigenvalue weighted by molar-refractivity contribution is 5.85. The van der Waals surface area contributed by atoms with Crippen LogP contribution in [0, 0.1) is 0 Å². The van der Waals surface area contributed by atoms with Gasteiger partial charge in [-0.25, -0.2) is 0 Å². The minimum atomic E-state index is -0.203. The molecule has 110 valence electrons. The Morgan fingerprint density at radius 3 is 3.10 bits per heavy atom.